The average molecular weight is 337 g/mol. The second kappa shape index (κ2) is 7.74. The summed E-state index contributed by atoms with van der Waals surface area (Å²) in [6.07, 6.45) is -1.04. The first-order valence-electron chi connectivity index (χ1n) is 6.84. The molecule has 0 saturated heterocycles. The van der Waals surface area contributed by atoms with Gasteiger partial charge in [-0.15, -0.1) is 0 Å². The maximum atomic E-state index is 13.4. The topological polar surface area (TPSA) is 52.6 Å². The van der Waals surface area contributed by atoms with E-state index in [4.69, 9.17) is 21.1 Å². The van der Waals surface area contributed by atoms with Gasteiger partial charge in [0.05, 0.1) is 0 Å². The van der Waals surface area contributed by atoms with E-state index in [-0.39, 0.29) is 11.5 Å². The summed E-state index contributed by atoms with van der Waals surface area (Å²) in [5.74, 6) is -1.79. The van der Waals surface area contributed by atoms with Gasteiger partial charge in [-0.05, 0) is 31.2 Å². The number of benzene rings is 2. The summed E-state index contributed by atoms with van der Waals surface area (Å²) < 4.78 is 23.5. The van der Waals surface area contributed by atoms with Gasteiger partial charge in [0.15, 0.2) is 30.1 Å². The molecule has 0 heterocycles. The van der Waals surface area contributed by atoms with Crippen LogP contribution in [-0.2, 0) is 9.53 Å². The summed E-state index contributed by atoms with van der Waals surface area (Å²) in [7, 11) is 0. The van der Waals surface area contributed by atoms with E-state index in [2.05, 4.69) is 0 Å². The number of halogens is 2. The average Bonchev–Trinajstić information content (AvgIpc) is 2.54. The molecule has 0 aliphatic rings. The molecule has 0 spiro atoms. The molecule has 1 unspecified atom stereocenters. The maximum Gasteiger partial charge on any atom is 0.347 e. The normalized spacial score (nSPS) is 11.6. The highest BCUT2D eigenvalue weighted by atomic mass is 35.5. The van der Waals surface area contributed by atoms with Crippen molar-refractivity contribution in [3.63, 3.8) is 0 Å². The second-order valence-electron chi connectivity index (χ2n) is 4.73. The third-order valence-electron chi connectivity index (χ3n) is 2.96. The van der Waals surface area contributed by atoms with Gasteiger partial charge >= 0.3 is 5.97 Å². The minimum Gasteiger partial charge on any atom is -0.476 e. The fourth-order valence-electron chi connectivity index (χ4n) is 1.78. The highest BCUT2D eigenvalue weighted by Gasteiger charge is 2.19. The fourth-order valence-corrected chi connectivity index (χ4v) is 1.97. The molecule has 0 N–H and O–H groups in total. The summed E-state index contributed by atoms with van der Waals surface area (Å²) >= 11 is 5.79. The molecule has 2 rings (SSSR count). The van der Waals surface area contributed by atoms with Crippen LogP contribution in [0, 0.1) is 5.82 Å². The molecule has 0 aromatic heterocycles. The number of ketones is 1. The Labute approximate surface area is 137 Å². The first kappa shape index (κ1) is 17.0. The lowest BCUT2D eigenvalue weighted by molar-refractivity contribution is -0.149. The minimum absolute atomic E-state index is 0.0573. The Kier molecular flexibility index (Phi) is 5.71. The van der Waals surface area contributed by atoms with Gasteiger partial charge < -0.3 is 9.47 Å². The highest BCUT2D eigenvalue weighted by Crippen LogP contribution is 2.17. The summed E-state index contributed by atoms with van der Waals surface area (Å²) in [6.45, 7) is 0.975. The van der Waals surface area contributed by atoms with Crippen molar-refractivity contribution >= 4 is 23.4 Å². The van der Waals surface area contributed by atoms with Crippen LogP contribution in [0.5, 0.6) is 5.75 Å². The monoisotopic (exact) mass is 336 g/mol. The number of hydrogen-bond acceptors (Lipinski definition) is 4. The van der Waals surface area contributed by atoms with E-state index in [1.54, 1.807) is 24.3 Å². The Balaban J connectivity index is 1.89. The number of rotatable bonds is 6. The zero-order valence-corrected chi connectivity index (χ0v) is 13.0. The van der Waals surface area contributed by atoms with Gasteiger partial charge in [0.2, 0.25) is 0 Å². The molecule has 2 aromatic rings. The molecule has 0 bridgehead atoms. The molecule has 23 heavy (non-hydrogen) atoms. The van der Waals surface area contributed by atoms with Gasteiger partial charge in [0, 0.05) is 10.6 Å². The molecular formula is C17H14ClFO4. The number of carbonyl (C=O) groups excluding carboxylic acids is 2. The molecular weight excluding hydrogens is 323 g/mol. The van der Waals surface area contributed by atoms with Crippen LogP contribution in [0.1, 0.15) is 17.3 Å². The first-order valence-corrected chi connectivity index (χ1v) is 7.22. The van der Waals surface area contributed by atoms with Gasteiger partial charge in [-0.3, -0.25) is 4.79 Å². The van der Waals surface area contributed by atoms with Crippen molar-refractivity contribution in [2.45, 2.75) is 13.0 Å². The SMILES string of the molecule is CC(Oc1ccccc1F)C(=O)OCC(=O)c1cccc(Cl)c1. The smallest absolute Gasteiger partial charge is 0.347 e. The molecule has 4 nitrogen and oxygen atoms in total. The number of esters is 1. The largest absolute Gasteiger partial charge is 0.476 e. The predicted molar refractivity (Wildman–Crippen MR) is 83.2 cm³/mol. The van der Waals surface area contributed by atoms with Crippen molar-refractivity contribution in [3.05, 3.63) is 64.9 Å². The van der Waals surface area contributed by atoms with Crippen LogP contribution in [0.15, 0.2) is 48.5 Å². The number of hydrogen-bond donors (Lipinski definition) is 0. The molecule has 2 aromatic carbocycles. The van der Waals surface area contributed by atoms with E-state index >= 15 is 0 Å². The number of para-hydroxylation sites is 1. The van der Waals surface area contributed by atoms with Gasteiger partial charge in [-0.1, -0.05) is 35.9 Å². The third-order valence-corrected chi connectivity index (χ3v) is 3.20. The molecule has 6 heteroatoms. The molecule has 120 valence electrons. The van der Waals surface area contributed by atoms with E-state index in [1.165, 1.54) is 31.2 Å². The van der Waals surface area contributed by atoms with Crippen LogP contribution in [-0.4, -0.2) is 24.5 Å². The van der Waals surface area contributed by atoms with Crippen molar-refractivity contribution in [2.24, 2.45) is 0 Å². The van der Waals surface area contributed by atoms with Crippen LogP contribution >= 0.6 is 11.6 Å². The lowest BCUT2D eigenvalue weighted by Gasteiger charge is -2.14. The Morgan fingerprint density at radius 1 is 1.17 bits per heavy atom. The van der Waals surface area contributed by atoms with Crippen molar-refractivity contribution in [1.82, 2.24) is 0 Å². The van der Waals surface area contributed by atoms with Crippen LogP contribution in [0.2, 0.25) is 5.02 Å². The number of ether oxygens (including phenoxy) is 2. The van der Waals surface area contributed by atoms with Gasteiger partial charge in [0.1, 0.15) is 0 Å². The maximum absolute atomic E-state index is 13.4. The van der Waals surface area contributed by atoms with Gasteiger partial charge in [-0.2, -0.15) is 0 Å². The van der Waals surface area contributed by atoms with Crippen LogP contribution in [0.4, 0.5) is 4.39 Å². The van der Waals surface area contributed by atoms with E-state index < -0.39 is 24.5 Å². The second-order valence-corrected chi connectivity index (χ2v) is 5.17. The summed E-state index contributed by atoms with van der Waals surface area (Å²) in [5.41, 5.74) is 0.341. The number of carbonyl (C=O) groups is 2. The van der Waals surface area contributed by atoms with E-state index in [9.17, 15) is 14.0 Å². The van der Waals surface area contributed by atoms with E-state index in [1.807, 2.05) is 0 Å². The number of Topliss-reactive ketones (excluding diaryl/α,β-unsaturated/α-hetero) is 1. The Morgan fingerprint density at radius 3 is 2.61 bits per heavy atom. The molecule has 0 aliphatic heterocycles. The molecule has 0 saturated carbocycles. The highest BCUT2D eigenvalue weighted by molar-refractivity contribution is 6.31. The zero-order valence-electron chi connectivity index (χ0n) is 12.3. The fraction of sp³-hybridized carbons (Fsp3) is 0.176. The van der Waals surface area contributed by atoms with Crippen LogP contribution in [0.25, 0.3) is 0 Å². The molecule has 0 radical (unpaired) electrons. The van der Waals surface area contributed by atoms with Crippen molar-refractivity contribution in [3.8, 4) is 5.75 Å². The molecule has 1 atom stereocenters. The lowest BCUT2D eigenvalue weighted by atomic mass is 10.1. The van der Waals surface area contributed by atoms with Crippen molar-refractivity contribution in [2.75, 3.05) is 6.61 Å². The summed E-state index contributed by atoms with van der Waals surface area (Å²) in [4.78, 5) is 23.7. The Morgan fingerprint density at radius 2 is 1.91 bits per heavy atom. The van der Waals surface area contributed by atoms with Gasteiger partial charge in [0.25, 0.3) is 0 Å². The standard InChI is InChI=1S/C17H14ClFO4/c1-11(23-16-8-3-2-7-14(16)19)17(21)22-10-15(20)12-5-4-6-13(18)9-12/h2-9,11H,10H2,1H3. The Bertz CT molecular complexity index is 717. The van der Waals surface area contributed by atoms with Crippen molar-refractivity contribution in [1.29, 1.82) is 0 Å². The predicted octanol–water partition coefficient (Wildman–Crippen LogP) is 3.67. The van der Waals surface area contributed by atoms with E-state index in [0.717, 1.165) is 0 Å². The van der Waals surface area contributed by atoms with Crippen LogP contribution < -0.4 is 4.74 Å². The quantitative estimate of drug-likeness (QED) is 0.596. The van der Waals surface area contributed by atoms with E-state index in [0.29, 0.717) is 10.6 Å². The zero-order chi connectivity index (χ0) is 16.8. The molecule has 0 fully saturated rings. The van der Waals surface area contributed by atoms with Crippen molar-refractivity contribution < 1.29 is 23.5 Å². The first-order chi connectivity index (χ1) is 11.0. The summed E-state index contributed by atoms with van der Waals surface area (Å²) in [6, 6.07) is 12.0. The lowest BCUT2D eigenvalue weighted by Crippen LogP contribution is -2.28. The third kappa shape index (κ3) is 4.79. The molecule has 0 amide bonds. The molecule has 0 aliphatic carbocycles. The minimum atomic E-state index is -1.04. The summed E-state index contributed by atoms with van der Waals surface area (Å²) in [5, 5.41) is 0.415. The van der Waals surface area contributed by atoms with Crippen LogP contribution in [0.3, 0.4) is 0 Å². The van der Waals surface area contributed by atoms with Gasteiger partial charge in [-0.25, -0.2) is 9.18 Å². The Hall–Kier alpha value is -2.40.